The minimum Gasteiger partial charge on any atom is -0.341 e. The van der Waals surface area contributed by atoms with E-state index in [4.69, 9.17) is 0 Å². The second kappa shape index (κ2) is 5.92. The lowest BCUT2D eigenvalue weighted by molar-refractivity contribution is -0.133. The Kier molecular flexibility index (Phi) is 4.53. The topological polar surface area (TPSA) is 32.3 Å². The molecule has 0 aromatic rings. The van der Waals surface area contributed by atoms with Gasteiger partial charge in [-0.15, -0.1) is 0 Å². The van der Waals surface area contributed by atoms with Crippen LogP contribution in [0.5, 0.6) is 0 Å². The summed E-state index contributed by atoms with van der Waals surface area (Å²) in [5.41, 5.74) is 0. The van der Waals surface area contributed by atoms with Crippen molar-refractivity contribution in [2.75, 3.05) is 31.6 Å². The second-order valence-corrected chi connectivity index (χ2v) is 6.00. The van der Waals surface area contributed by atoms with Gasteiger partial charge in [-0.2, -0.15) is 11.8 Å². The standard InChI is InChI=1S/C12H22N2OS/c1-13-11-4-2-3-6-14(12(11)15)8-10-5-7-16-9-10/h10-11,13H,2-9H2,1H3. The van der Waals surface area contributed by atoms with Gasteiger partial charge in [-0.1, -0.05) is 0 Å². The number of amides is 1. The Morgan fingerprint density at radius 2 is 2.31 bits per heavy atom. The summed E-state index contributed by atoms with van der Waals surface area (Å²) in [6.07, 6.45) is 4.64. The van der Waals surface area contributed by atoms with Crippen LogP contribution < -0.4 is 5.32 Å². The van der Waals surface area contributed by atoms with Gasteiger partial charge in [0, 0.05) is 13.1 Å². The molecule has 0 bridgehead atoms. The number of likely N-dealkylation sites (N-methyl/N-ethyl adjacent to an activating group) is 1. The average Bonchev–Trinajstić information content (AvgIpc) is 2.73. The summed E-state index contributed by atoms with van der Waals surface area (Å²) < 4.78 is 0. The summed E-state index contributed by atoms with van der Waals surface area (Å²) in [6, 6.07) is 0.0663. The molecule has 0 radical (unpaired) electrons. The van der Waals surface area contributed by atoms with Crippen LogP contribution in [0.4, 0.5) is 0 Å². The minimum atomic E-state index is 0.0663. The van der Waals surface area contributed by atoms with E-state index in [9.17, 15) is 4.79 Å². The van der Waals surface area contributed by atoms with Crippen molar-refractivity contribution < 1.29 is 4.79 Å². The first-order chi connectivity index (χ1) is 7.81. The number of carbonyl (C=O) groups is 1. The van der Waals surface area contributed by atoms with Gasteiger partial charge in [0.1, 0.15) is 0 Å². The van der Waals surface area contributed by atoms with Crippen LogP contribution in [0.25, 0.3) is 0 Å². The fourth-order valence-corrected chi connectivity index (χ4v) is 3.87. The third-order valence-corrected chi connectivity index (χ3v) is 4.86. The van der Waals surface area contributed by atoms with Gasteiger partial charge >= 0.3 is 0 Å². The largest absolute Gasteiger partial charge is 0.341 e. The van der Waals surface area contributed by atoms with Crippen LogP contribution in [0, 0.1) is 5.92 Å². The van der Waals surface area contributed by atoms with Crippen LogP contribution in [0.1, 0.15) is 25.7 Å². The Bertz CT molecular complexity index is 241. The molecule has 4 heteroatoms. The maximum atomic E-state index is 12.2. The molecule has 1 amide bonds. The number of likely N-dealkylation sites (tertiary alicyclic amines) is 1. The number of hydrogen-bond donors (Lipinski definition) is 1. The van der Waals surface area contributed by atoms with Crippen molar-refractivity contribution >= 4 is 17.7 Å². The Morgan fingerprint density at radius 3 is 3.00 bits per heavy atom. The van der Waals surface area contributed by atoms with Crippen LogP contribution in [-0.2, 0) is 4.79 Å². The normalized spacial score (nSPS) is 31.8. The number of nitrogens with zero attached hydrogens (tertiary/aromatic N) is 1. The van der Waals surface area contributed by atoms with Crippen molar-refractivity contribution in [1.29, 1.82) is 0 Å². The molecular weight excluding hydrogens is 220 g/mol. The predicted molar refractivity (Wildman–Crippen MR) is 68.7 cm³/mol. The molecule has 0 aromatic carbocycles. The zero-order valence-corrected chi connectivity index (χ0v) is 10.9. The summed E-state index contributed by atoms with van der Waals surface area (Å²) in [6.45, 7) is 1.96. The van der Waals surface area contributed by atoms with E-state index in [1.807, 2.05) is 18.8 Å². The molecule has 2 heterocycles. The molecule has 2 unspecified atom stereocenters. The van der Waals surface area contributed by atoms with E-state index in [0.29, 0.717) is 5.91 Å². The van der Waals surface area contributed by atoms with Crippen LogP contribution >= 0.6 is 11.8 Å². The fraction of sp³-hybridized carbons (Fsp3) is 0.917. The minimum absolute atomic E-state index is 0.0663. The summed E-state index contributed by atoms with van der Waals surface area (Å²) in [5.74, 6) is 3.59. The predicted octanol–water partition coefficient (Wildman–Crippen LogP) is 1.34. The Morgan fingerprint density at radius 1 is 1.44 bits per heavy atom. The second-order valence-electron chi connectivity index (χ2n) is 4.85. The third-order valence-electron chi connectivity index (χ3n) is 3.63. The highest BCUT2D eigenvalue weighted by Gasteiger charge is 2.28. The van der Waals surface area contributed by atoms with Crippen molar-refractivity contribution in [2.24, 2.45) is 5.92 Å². The zero-order chi connectivity index (χ0) is 11.4. The van der Waals surface area contributed by atoms with Crippen molar-refractivity contribution in [1.82, 2.24) is 10.2 Å². The van der Waals surface area contributed by atoms with E-state index in [1.54, 1.807) is 0 Å². The zero-order valence-electron chi connectivity index (χ0n) is 10.1. The first kappa shape index (κ1) is 12.2. The van der Waals surface area contributed by atoms with Crippen molar-refractivity contribution in [3.05, 3.63) is 0 Å². The van der Waals surface area contributed by atoms with Gasteiger partial charge in [-0.3, -0.25) is 4.79 Å². The molecular formula is C12H22N2OS. The highest BCUT2D eigenvalue weighted by atomic mass is 32.2. The van der Waals surface area contributed by atoms with E-state index < -0.39 is 0 Å². The molecule has 0 saturated carbocycles. The van der Waals surface area contributed by atoms with Gasteiger partial charge in [-0.05, 0) is 50.2 Å². The van der Waals surface area contributed by atoms with E-state index in [2.05, 4.69) is 10.2 Å². The molecule has 1 N–H and O–H groups in total. The number of hydrogen-bond acceptors (Lipinski definition) is 3. The molecule has 3 nitrogen and oxygen atoms in total. The fourth-order valence-electron chi connectivity index (χ4n) is 2.59. The van der Waals surface area contributed by atoms with E-state index in [0.717, 1.165) is 25.4 Å². The van der Waals surface area contributed by atoms with Crippen LogP contribution in [-0.4, -0.2) is 48.5 Å². The molecule has 16 heavy (non-hydrogen) atoms. The van der Waals surface area contributed by atoms with Gasteiger partial charge in [0.15, 0.2) is 0 Å². The number of nitrogens with one attached hydrogen (secondary N) is 1. The summed E-state index contributed by atoms with van der Waals surface area (Å²) in [4.78, 5) is 14.3. The van der Waals surface area contributed by atoms with Gasteiger partial charge in [0.05, 0.1) is 6.04 Å². The van der Waals surface area contributed by atoms with Crippen LogP contribution in [0.2, 0.25) is 0 Å². The Labute approximate surface area is 102 Å². The first-order valence-corrected chi connectivity index (χ1v) is 7.50. The van der Waals surface area contributed by atoms with Gasteiger partial charge in [-0.25, -0.2) is 0 Å². The van der Waals surface area contributed by atoms with Gasteiger partial charge < -0.3 is 10.2 Å². The molecule has 92 valence electrons. The van der Waals surface area contributed by atoms with E-state index in [1.165, 1.54) is 30.8 Å². The van der Waals surface area contributed by atoms with Gasteiger partial charge in [0.25, 0.3) is 0 Å². The van der Waals surface area contributed by atoms with E-state index >= 15 is 0 Å². The Balaban J connectivity index is 1.92. The number of rotatable bonds is 3. The van der Waals surface area contributed by atoms with E-state index in [-0.39, 0.29) is 6.04 Å². The average molecular weight is 242 g/mol. The number of thioether (sulfide) groups is 1. The molecule has 2 fully saturated rings. The molecule has 2 atom stereocenters. The summed E-state index contributed by atoms with van der Waals surface area (Å²) in [5, 5.41) is 3.15. The maximum absolute atomic E-state index is 12.2. The quantitative estimate of drug-likeness (QED) is 0.810. The lowest BCUT2D eigenvalue weighted by Crippen LogP contribution is -2.45. The molecule has 0 aliphatic carbocycles. The molecule has 0 aromatic heterocycles. The highest BCUT2D eigenvalue weighted by molar-refractivity contribution is 7.99. The van der Waals surface area contributed by atoms with Crippen molar-refractivity contribution in [2.45, 2.75) is 31.7 Å². The maximum Gasteiger partial charge on any atom is 0.239 e. The highest BCUT2D eigenvalue weighted by Crippen LogP contribution is 2.25. The summed E-state index contributed by atoms with van der Waals surface area (Å²) >= 11 is 2.03. The lowest BCUT2D eigenvalue weighted by Gasteiger charge is -2.26. The molecule has 2 rings (SSSR count). The lowest BCUT2D eigenvalue weighted by atomic mass is 10.1. The SMILES string of the molecule is CNC1CCCCN(CC2CCSC2)C1=O. The smallest absolute Gasteiger partial charge is 0.239 e. The van der Waals surface area contributed by atoms with Crippen molar-refractivity contribution in [3.8, 4) is 0 Å². The molecule has 0 spiro atoms. The van der Waals surface area contributed by atoms with Crippen LogP contribution in [0.15, 0.2) is 0 Å². The first-order valence-electron chi connectivity index (χ1n) is 6.35. The molecule has 2 saturated heterocycles. The molecule has 2 aliphatic rings. The summed E-state index contributed by atoms with van der Waals surface area (Å²) in [7, 11) is 1.90. The number of carbonyl (C=O) groups excluding carboxylic acids is 1. The molecule has 2 aliphatic heterocycles. The van der Waals surface area contributed by atoms with Crippen molar-refractivity contribution in [3.63, 3.8) is 0 Å². The monoisotopic (exact) mass is 242 g/mol. The van der Waals surface area contributed by atoms with Crippen LogP contribution in [0.3, 0.4) is 0 Å². The third kappa shape index (κ3) is 2.92. The Hall–Kier alpha value is -0.220. The van der Waals surface area contributed by atoms with Gasteiger partial charge in [0.2, 0.25) is 5.91 Å².